The third-order valence-corrected chi connectivity index (χ3v) is 11.5. The van der Waals surface area contributed by atoms with Crippen molar-refractivity contribution < 1.29 is 0 Å². The van der Waals surface area contributed by atoms with Crippen LogP contribution in [0, 0.1) is 0 Å². The zero-order valence-electron chi connectivity index (χ0n) is 30.5. The van der Waals surface area contributed by atoms with Crippen molar-refractivity contribution in [1.29, 1.82) is 0 Å². The fourth-order valence-electron chi connectivity index (χ4n) is 8.69. The number of fused-ring (bicyclic) bond motifs is 5. The summed E-state index contributed by atoms with van der Waals surface area (Å²) in [5, 5.41) is 5.02. The van der Waals surface area contributed by atoms with Gasteiger partial charge in [-0.2, -0.15) is 0 Å². The smallest absolute Gasteiger partial charge is 0.0467 e. The van der Waals surface area contributed by atoms with Crippen LogP contribution >= 0.6 is 0 Å². The molecule has 0 heterocycles. The first-order chi connectivity index (χ1) is 26.5. The monoisotopic (exact) mass is 689 g/mol. The molecule has 0 bridgehead atoms. The molecule has 0 N–H and O–H groups in total. The van der Waals surface area contributed by atoms with Crippen LogP contribution < -0.4 is 4.90 Å². The highest BCUT2D eigenvalue weighted by Crippen LogP contribution is 2.49. The number of rotatable bonds is 6. The predicted molar refractivity (Wildman–Crippen MR) is 230 cm³/mol. The van der Waals surface area contributed by atoms with Crippen LogP contribution in [0.1, 0.15) is 25.0 Å². The van der Waals surface area contributed by atoms with Gasteiger partial charge in [-0.25, -0.2) is 0 Å². The van der Waals surface area contributed by atoms with Crippen LogP contribution in [0.25, 0.3) is 66.1 Å². The minimum Gasteiger partial charge on any atom is -0.310 e. The first-order valence-electron chi connectivity index (χ1n) is 18.8. The molecule has 256 valence electrons. The minimum atomic E-state index is -0.0357. The second-order valence-electron chi connectivity index (χ2n) is 15.0. The lowest BCUT2D eigenvalue weighted by atomic mass is 9.81. The maximum atomic E-state index is 2.40. The maximum Gasteiger partial charge on any atom is 0.0467 e. The van der Waals surface area contributed by atoms with Crippen molar-refractivity contribution in [3.8, 4) is 44.5 Å². The maximum absolute atomic E-state index is 2.40. The van der Waals surface area contributed by atoms with Crippen molar-refractivity contribution in [2.24, 2.45) is 0 Å². The van der Waals surface area contributed by atoms with Gasteiger partial charge in [-0.3, -0.25) is 0 Å². The number of hydrogen-bond donors (Lipinski definition) is 0. The standard InChI is InChI=1S/C53H39N/c1-53(2)51-23-8-7-20-49(51)50-33-28-40(35-52(50)53)36-24-29-42(30-25-36)54(43-31-26-39(27-32-43)47-21-10-14-37-12-3-5-18-45(37)47)44-17-9-16-41(34-44)48-22-11-15-38-13-4-6-19-46(38)48/h3-35H,1-2H3. The molecule has 0 saturated heterocycles. The van der Waals surface area contributed by atoms with E-state index < -0.39 is 0 Å². The van der Waals surface area contributed by atoms with Gasteiger partial charge in [0.05, 0.1) is 0 Å². The zero-order chi connectivity index (χ0) is 36.2. The molecule has 0 fully saturated rings. The van der Waals surface area contributed by atoms with E-state index in [-0.39, 0.29) is 5.41 Å². The van der Waals surface area contributed by atoms with Gasteiger partial charge in [0.1, 0.15) is 0 Å². The second kappa shape index (κ2) is 12.8. The number of hydrogen-bond acceptors (Lipinski definition) is 1. The predicted octanol–water partition coefficient (Wildman–Crippen LogP) is 14.8. The van der Waals surface area contributed by atoms with Gasteiger partial charge < -0.3 is 4.90 Å². The molecule has 0 saturated carbocycles. The van der Waals surface area contributed by atoms with Crippen molar-refractivity contribution in [3.05, 3.63) is 211 Å². The summed E-state index contributed by atoms with van der Waals surface area (Å²) in [5.74, 6) is 0. The third kappa shape index (κ3) is 5.32. The van der Waals surface area contributed by atoms with Gasteiger partial charge in [-0.15, -0.1) is 0 Å². The molecule has 0 atom stereocenters. The molecule has 1 aliphatic carbocycles. The van der Waals surface area contributed by atoms with Crippen LogP contribution in [0.15, 0.2) is 200 Å². The van der Waals surface area contributed by atoms with E-state index in [1.807, 2.05) is 0 Å². The number of anilines is 3. The van der Waals surface area contributed by atoms with Gasteiger partial charge in [-0.05, 0) is 120 Å². The number of nitrogens with zero attached hydrogens (tertiary/aromatic N) is 1. The van der Waals surface area contributed by atoms with Gasteiger partial charge in [-0.1, -0.05) is 172 Å². The lowest BCUT2D eigenvalue weighted by Crippen LogP contribution is -2.14. The highest BCUT2D eigenvalue weighted by molar-refractivity contribution is 5.98. The molecular weight excluding hydrogens is 651 g/mol. The Kier molecular flexibility index (Phi) is 7.56. The summed E-state index contributed by atoms with van der Waals surface area (Å²) in [6.07, 6.45) is 0. The Morgan fingerprint density at radius 3 is 1.50 bits per heavy atom. The summed E-state index contributed by atoms with van der Waals surface area (Å²) in [5.41, 5.74) is 16.1. The molecule has 1 aliphatic rings. The highest BCUT2D eigenvalue weighted by atomic mass is 15.1. The van der Waals surface area contributed by atoms with E-state index >= 15 is 0 Å². The van der Waals surface area contributed by atoms with Crippen LogP contribution in [-0.2, 0) is 5.41 Å². The Morgan fingerprint density at radius 1 is 0.315 bits per heavy atom. The number of benzene rings is 9. The van der Waals surface area contributed by atoms with Crippen LogP contribution in [0.4, 0.5) is 17.1 Å². The van der Waals surface area contributed by atoms with Crippen molar-refractivity contribution >= 4 is 38.6 Å². The van der Waals surface area contributed by atoms with Gasteiger partial charge in [0, 0.05) is 22.5 Å². The SMILES string of the molecule is CC1(C)c2ccccc2-c2ccc(-c3ccc(N(c4ccc(-c5cccc6ccccc56)cc4)c4cccc(-c5cccc6ccccc56)c4)cc3)cc21. The molecule has 0 aliphatic heterocycles. The van der Waals surface area contributed by atoms with Gasteiger partial charge in [0.2, 0.25) is 0 Å². The third-order valence-electron chi connectivity index (χ3n) is 11.5. The second-order valence-corrected chi connectivity index (χ2v) is 15.0. The first-order valence-corrected chi connectivity index (χ1v) is 18.8. The topological polar surface area (TPSA) is 3.24 Å². The summed E-state index contributed by atoms with van der Waals surface area (Å²) < 4.78 is 0. The van der Waals surface area contributed by atoms with E-state index in [2.05, 4.69) is 219 Å². The van der Waals surface area contributed by atoms with E-state index in [1.165, 1.54) is 77.2 Å². The molecule has 1 nitrogen and oxygen atoms in total. The Hall–Kier alpha value is -6.70. The molecular formula is C53H39N. The first kappa shape index (κ1) is 32.0. The molecule has 0 amide bonds. The average molecular weight is 690 g/mol. The van der Waals surface area contributed by atoms with Crippen molar-refractivity contribution in [1.82, 2.24) is 0 Å². The highest BCUT2D eigenvalue weighted by Gasteiger charge is 2.35. The molecule has 0 aromatic heterocycles. The summed E-state index contributed by atoms with van der Waals surface area (Å²) in [6, 6.07) is 73.4. The Balaban J connectivity index is 1.06. The van der Waals surface area contributed by atoms with Crippen molar-refractivity contribution in [3.63, 3.8) is 0 Å². The molecule has 10 rings (SSSR count). The lowest BCUT2D eigenvalue weighted by Gasteiger charge is -2.27. The van der Waals surface area contributed by atoms with Crippen LogP contribution in [-0.4, -0.2) is 0 Å². The summed E-state index contributed by atoms with van der Waals surface area (Å²) in [7, 11) is 0. The largest absolute Gasteiger partial charge is 0.310 e. The minimum absolute atomic E-state index is 0.0357. The molecule has 0 spiro atoms. The Morgan fingerprint density at radius 2 is 0.815 bits per heavy atom. The van der Waals surface area contributed by atoms with Crippen LogP contribution in [0.2, 0.25) is 0 Å². The Bertz CT molecular complexity index is 2830. The van der Waals surface area contributed by atoms with Gasteiger partial charge in [0.15, 0.2) is 0 Å². The summed E-state index contributed by atoms with van der Waals surface area (Å²) >= 11 is 0. The molecule has 9 aromatic carbocycles. The normalized spacial score (nSPS) is 12.8. The average Bonchev–Trinajstić information content (AvgIpc) is 3.46. The van der Waals surface area contributed by atoms with E-state index in [9.17, 15) is 0 Å². The molecule has 0 radical (unpaired) electrons. The zero-order valence-corrected chi connectivity index (χ0v) is 30.5. The molecule has 1 heteroatoms. The van der Waals surface area contributed by atoms with Crippen LogP contribution in [0.3, 0.4) is 0 Å². The summed E-state index contributed by atoms with van der Waals surface area (Å²) in [4.78, 5) is 2.38. The molecule has 54 heavy (non-hydrogen) atoms. The Labute approximate surface area is 317 Å². The summed E-state index contributed by atoms with van der Waals surface area (Å²) in [6.45, 7) is 4.70. The van der Waals surface area contributed by atoms with E-state index in [0.717, 1.165) is 17.1 Å². The van der Waals surface area contributed by atoms with E-state index in [1.54, 1.807) is 0 Å². The van der Waals surface area contributed by atoms with Gasteiger partial charge >= 0.3 is 0 Å². The van der Waals surface area contributed by atoms with Crippen LogP contribution in [0.5, 0.6) is 0 Å². The molecule has 9 aromatic rings. The fourth-order valence-corrected chi connectivity index (χ4v) is 8.69. The van der Waals surface area contributed by atoms with Gasteiger partial charge in [0.25, 0.3) is 0 Å². The van der Waals surface area contributed by atoms with Crippen molar-refractivity contribution in [2.75, 3.05) is 4.90 Å². The quantitative estimate of drug-likeness (QED) is 0.168. The van der Waals surface area contributed by atoms with E-state index in [0.29, 0.717) is 0 Å². The molecule has 0 unspecified atom stereocenters. The fraction of sp³-hybridized carbons (Fsp3) is 0.0566. The van der Waals surface area contributed by atoms with E-state index in [4.69, 9.17) is 0 Å². The van der Waals surface area contributed by atoms with Crippen molar-refractivity contribution in [2.45, 2.75) is 19.3 Å². The lowest BCUT2D eigenvalue weighted by molar-refractivity contribution is 0.660.